The number of halogens is 1. The molecule has 0 radical (unpaired) electrons. The van der Waals surface area contributed by atoms with Gasteiger partial charge in [0.2, 0.25) is 0 Å². The maximum absolute atomic E-state index is 12.3. The van der Waals surface area contributed by atoms with E-state index in [0.717, 1.165) is 38.0 Å². The van der Waals surface area contributed by atoms with Gasteiger partial charge < -0.3 is 19.9 Å². The van der Waals surface area contributed by atoms with Crippen molar-refractivity contribution in [3.8, 4) is 0 Å². The van der Waals surface area contributed by atoms with Crippen LogP contribution in [-0.4, -0.2) is 60.6 Å². The zero-order chi connectivity index (χ0) is 23.0. The molecule has 2 amide bonds. The van der Waals surface area contributed by atoms with Gasteiger partial charge in [-0.3, -0.25) is 4.79 Å². The molecule has 2 fully saturated rings. The largest absolute Gasteiger partial charge is 0.444 e. The van der Waals surface area contributed by atoms with Crippen LogP contribution in [0, 0.1) is 11.3 Å². The molecule has 1 saturated carbocycles. The molecule has 2 unspecified atom stereocenters. The number of carbonyl (C=O) groups is 2. The van der Waals surface area contributed by atoms with Gasteiger partial charge in [-0.05, 0) is 82.9 Å². The fraction of sp³-hybridized carbons (Fsp3) is 0.667. The fourth-order valence-electron chi connectivity index (χ4n) is 4.63. The molecule has 0 aromatic heterocycles. The number of nitrogens with zero attached hydrogens (tertiary/aromatic N) is 2. The zero-order valence-electron chi connectivity index (χ0n) is 19.6. The molecule has 7 heteroatoms. The molecule has 31 heavy (non-hydrogen) atoms. The molecule has 1 aromatic carbocycles. The second-order valence-electron chi connectivity index (χ2n) is 10.4. The Morgan fingerprint density at radius 2 is 1.94 bits per heavy atom. The van der Waals surface area contributed by atoms with Crippen LogP contribution in [0.4, 0.5) is 10.5 Å². The van der Waals surface area contributed by atoms with Crippen molar-refractivity contribution >= 4 is 29.3 Å². The summed E-state index contributed by atoms with van der Waals surface area (Å²) in [5, 5.41) is 4.00. The minimum atomic E-state index is -0.448. The molecule has 2 atom stereocenters. The lowest BCUT2D eigenvalue weighted by Gasteiger charge is -2.34. The summed E-state index contributed by atoms with van der Waals surface area (Å²) in [4.78, 5) is 27.8. The molecule has 1 spiro atoms. The highest BCUT2D eigenvalue weighted by atomic mass is 35.5. The summed E-state index contributed by atoms with van der Waals surface area (Å²) in [7, 11) is 3.44. The first-order chi connectivity index (χ1) is 14.4. The average molecular weight is 450 g/mol. The standard InChI is InChI=1S/C24H36ClN3O3/c1-16(26-18-7-8-19(20(25)14-18)21(29)27(5)6)13-17-15-24(17)9-11-28(12-10-24)22(30)31-23(2,3)4/h7-8,14,16-17,26H,9-13,15H2,1-6H3. The van der Waals surface area contributed by atoms with E-state index in [1.807, 2.05) is 37.8 Å². The van der Waals surface area contributed by atoms with Gasteiger partial charge in [-0.15, -0.1) is 0 Å². The lowest BCUT2D eigenvalue weighted by Crippen LogP contribution is -2.42. The van der Waals surface area contributed by atoms with Crippen LogP contribution in [0.1, 0.15) is 63.7 Å². The molecule has 172 valence electrons. The van der Waals surface area contributed by atoms with E-state index in [1.165, 1.54) is 11.3 Å². The van der Waals surface area contributed by atoms with Gasteiger partial charge >= 0.3 is 6.09 Å². The third-order valence-corrected chi connectivity index (χ3v) is 6.74. The lowest BCUT2D eigenvalue weighted by molar-refractivity contribution is 0.0164. The smallest absolute Gasteiger partial charge is 0.410 e. The predicted octanol–water partition coefficient (Wildman–Crippen LogP) is 5.27. The maximum Gasteiger partial charge on any atom is 0.410 e. The third kappa shape index (κ3) is 5.85. The monoisotopic (exact) mass is 449 g/mol. The molecule has 1 heterocycles. The van der Waals surface area contributed by atoms with Gasteiger partial charge in [-0.25, -0.2) is 4.79 Å². The summed E-state index contributed by atoms with van der Waals surface area (Å²) >= 11 is 6.34. The van der Waals surface area contributed by atoms with Crippen molar-refractivity contribution in [2.45, 2.75) is 65.0 Å². The van der Waals surface area contributed by atoms with Crippen LogP contribution in [0.15, 0.2) is 18.2 Å². The minimum absolute atomic E-state index is 0.0951. The number of anilines is 1. The molecule has 1 aromatic rings. The van der Waals surface area contributed by atoms with Crippen molar-refractivity contribution in [1.29, 1.82) is 0 Å². The van der Waals surface area contributed by atoms with Gasteiger partial charge in [0.25, 0.3) is 5.91 Å². The molecule has 6 nitrogen and oxygen atoms in total. The first-order valence-electron chi connectivity index (χ1n) is 11.2. The van der Waals surface area contributed by atoms with Crippen LogP contribution in [-0.2, 0) is 4.74 Å². The predicted molar refractivity (Wildman–Crippen MR) is 125 cm³/mol. The second kappa shape index (κ2) is 8.89. The number of hydrogen-bond acceptors (Lipinski definition) is 4. The van der Waals surface area contributed by atoms with Crippen LogP contribution >= 0.6 is 11.6 Å². The van der Waals surface area contributed by atoms with E-state index in [2.05, 4.69) is 12.2 Å². The molecule has 1 N–H and O–H groups in total. The highest BCUT2D eigenvalue weighted by Crippen LogP contribution is 2.61. The van der Waals surface area contributed by atoms with Gasteiger partial charge in [-0.1, -0.05) is 11.6 Å². The van der Waals surface area contributed by atoms with E-state index in [4.69, 9.17) is 16.3 Å². The SMILES string of the molecule is CC(CC1CC12CCN(C(=O)OC(C)(C)C)CC2)Nc1ccc(C(=O)N(C)C)c(Cl)c1. The zero-order valence-corrected chi connectivity index (χ0v) is 20.4. The lowest BCUT2D eigenvalue weighted by atomic mass is 9.89. The van der Waals surface area contributed by atoms with E-state index < -0.39 is 5.60 Å². The Kier molecular flexibility index (Phi) is 6.80. The Balaban J connectivity index is 1.48. The van der Waals surface area contributed by atoms with Crippen molar-refractivity contribution in [1.82, 2.24) is 9.80 Å². The maximum atomic E-state index is 12.3. The number of benzene rings is 1. The molecule has 2 aliphatic rings. The highest BCUT2D eigenvalue weighted by Gasteiger charge is 2.55. The van der Waals surface area contributed by atoms with Gasteiger partial charge in [0.15, 0.2) is 0 Å². The van der Waals surface area contributed by atoms with Crippen LogP contribution in [0.5, 0.6) is 0 Å². The average Bonchev–Trinajstić information content (AvgIpc) is 3.30. The molecular weight excluding hydrogens is 414 g/mol. The van der Waals surface area contributed by atoms with Crippen molar-refractivity contribution in [2.75, 3.05) is 32.5 Å². The number of piperidine rings is 1. The Morgan fingerprint density at radius 3 is 2.48 bits per heavy atom. The molecule has 0 bridgehead atoms. The summed E-state index contributed by atoms with van der Waals surface area (Å²) in [6.45, 7) is 9.47. The van der Waals surface area contributed by atoms with Crippen LogP contribution in [0.2, 0.25) is 5.02 Å². The van der Waals surface area contributed by atoms with Crippen molar-refractivity contribution < 1.29 is 14.3 Å². The number of nitrogens with one attached hydrogen (secondary N) is 1. The van der Waals surface area contributed by atoms with Gasteiger partial charge in [-0.2, -0.15) is 0 Å². The number of likely N-dealkylation sites (tertiary alicyclic amines) is 1. The number of amides is 2. The summed E-state index contributed by atoms with van der Waals surface area (Å²) < 4.78 is 5.51. The summed E-state index contributed by atoms with van der Waals surface area (Å²) in [5.41, 5.74) is 1.38. The van der Waals surface area contributed by atoms with E-state index >= 15 is 0 Å². The molecule has 1 saturated heterocycles. The molecular formula is C24H36ClN3O3. The van der Waals surface area contributed by atoms with Crippen molar-refractivity contribution in [3.05, 3.63) is 28.8 Å². The van der Waals surface area contributed by atoms with E-state index in [1.54, 1.807) is 20.2 Å². The van der Waals surface area contributed by atoms with E-state index in [0.29, 0.717) is 28.0 Å². The first kappa shape index (κ1) is 23.7. The normalized spacial score (nSPS) is 20.9. The van der Waals surface area contributed by atoms with Crippen LogP contribution in [0.3, 0.4) is 0 Å². The number of carbonyl (C=O) groups excluding carboxylic acids is 2. The Hall–Kier alpha value is -1.95. The Bertz CT molecular complexity index is 826. The van der Waals surface area contributed by atoms with Crippen LogP contribution < -0.4 is 5.32 Å². The third-order valence-electron chi connectivity index (χ3n) is 6.43. The van der Waals surface area contributed by atoms with Gasteiger partial charge in [0, 0.05) is 38.9 Å². The summed E-state index contributed by atoms with van der Waals surface area (Å²) in [6.07, 6.45) is 4.23. The van der Waals surface area contributed by atoms with Crippen molar-refractivity contribution in [3.63, 3.8) is 0 Å². The van der Waals surface area contributed by atoms with E-state index in [-0.39, 0.29) is 12.0 Å². The number of hydrogen-bond donors (Lipinski definition) is 1. The first-order valence-corrected chi connectivity index (χ1v) is 11.5. The van der Waals surface area contributed by atoms with Gasteiger partial charge in [0.05, 0.1) is 10.6 Å². The fourth-order valence-corrected chi connectivity index (χ4v) is 4.89. The molecule has 3 rings (SSSR count). The summed E-state index contributed by atoms with van der Waals surface area (Å²) in [5.74, 6) is 0.586. The minimum Gasteiger partial charge on any atom is -0.444 e. The van der Waals surface area contributed by atoms with Crippen LogP contribution in [0.25, 0.3) is 0 Å². The molecule has 1 aliphatic carbocycles. The topological polar surface area (TPSA) is 61.9 Å². The highest BCUT2D eigenvalue weighted by molar-refractivity contribution is 6.34. The molecule has 1 aliphatic heterocycles. The Labute approximate surface area is 191 Å². The van der Waals surface area contributed by atoms with Crippen molar-refractivity contribution in [2.24, 2.45) is 11.3 Å². The van der Waals surface area contributed by atoms with Gasteiger partial charge in [0.1, 0.15) is 5.60 Å². The second-order valence-corrected chi connectivity index (χ2v) is 10.8. The Morgan fingerprint density at radius 1 is 1.29 bits per heavy atom. The number of rotatable bonds is 5. The quantitative estimate of drug-likeness (QED) is 0.665. The van der Waals surface area contributed by atoms with E-state index in [9.17, 15) is 9.59 Å². The summed E-state index contributed by atoms with van der Waals surface area (Å²) in [6, 6.07) is 5.84. The number of ether oxygens (including phenoxy) is 1.